The summed E-state index contributed by atoms with van der Waals surface area (Å²) in [5.74, 6) is 2.79. The van der Waals surface area contributed by atoms with Crippen molar-refractivity contribution < 1.29 is 4.42 Å². The van der Waals surface area contributed by atoms with Crippen molar-refractivity contribution in [3.8, 4) is 0 Å². The quantitative estimate of drug-likeness (QED) is 0.810. The Kier molecular flexibility index (Phi) is 3.61. The van der Waals surface area contributed by atoms with Crippen LogP contribution < -0.4 is 5.32 Å². The Morgan fingerprint density at radius 1 is 1.28 bits per heavy atom. The fourth-order valence-corrected chi connectivity index (χ4v) is 2.35. The van der Waals surface area contributed by atoms with E-state index >= 15 is 0 Å². The largest absolute Gasteiger partial charge is 0.464 e. The van der Waals surface area contributed by atoms with Gasteiger partial charge < -0.3 is 9.73 Å². The fourth-order valence-electron chi connectivity index (χ4n) is 1.63. The van der Waals surface area contributed by atoms with Gasteiger partial charge in [-0.05, 0) is 25.0 Å². The topological polar surface area (TPSA) is 51.0 Å². The van der Waals surface area contributed by atoms with Crippen LogP contribution in [0.15, 0.2) is 40.2 Å². The standard InChI is InChI=1S/C13H15N3OS/c1-2-10(1)16-7-11-3-4-12(17-11)9-18-13-8-14-5-6-15-13/h3-6,8,10,16H,1-2,7,9H2. The molecule has 5 heteroatoms. The van der Waals surface area contributed by atoms with E-state index in [1.807, 2.05) is 12.1 Å². The van der Waals surface area contributed by atoms with Crippen molar-refractivity contribution in [3.63, 3.8) is 0 Å². The van der Waals surface area contributed by atoms with Crippen LogP contribution in [0.3, 0.4) is 0 Å². The molecule has 0 saturated heterocycles. The monoisotopic (exact) mass is 261 g/mol. The molecule has 1 N–H and O–H groups in total. The average Bonchev–Trinajstić information content (AvgIpc) is 3.14. The van der Waals surface area contributed by atoms with Crippen molar-refractivity contribution in [3.05, 3.63) is 42.2 Å². The molecule has 94 valence electrons. The summed E-state index contributed by atoms with van der Waals surface area (Å²) in [6.07, 6.45) is 7.75. The third-order valence-electron chi connectivity index (χ3n) is 2.76. The lowest BCUT2D eigenvalue weighted by molar-refractivity contribution is 0.458. The summed E-state index contributed by atoms with van der Waals surface area (Å²) < 4.78 is 5.75. The molecule has 1 aliphatic rings. The van der Waals surface area contributed by atoms with E-state index in [0.29, 0.717) is 6.04 Å². The van der Waals surface area contributed by atoms with Crippen molar-refractivity contribution in [1.29, 1.82) is 0 Å². The summed E-state index contributed by atoms with van der Waals surface area (Å²) in [6.45, 7) is 0.834. The first-order valence-electron chi connectivity index (χ1n) is 6.10. The highest BCUT2D eigenvalue weighted by Crippen LogP contribution is 2.22. The first kappa shape index (κ1) is 11.7. The third-order valence-corrected chi connectivity index (χ3v) is 3.70. The smallest absolute Gasteiger partial charge is 0.118 e. The van der Waals surface area contributed by atoms with E-state index in [1.54, 1.807) is 30.4 Å². The first-order chi connectivity index (χ1) is 8.90. The molecule has 1 saturated carbocycles. The Balaban J connectivity index is 1.50. The van der Waals surface area contributed by atoms with Gasteiger partial charge in [-0.3, -0.25) is 4.98 Å². The number of thioether (sulfide) groups is 1. The van der Waals surface area contributed by atoms with Crippen LogP contribution in [0.5, 0.6) is 0 Å². The lowest BCUT2D eigenvalue weighted by atomic mass is 10.4. The molecule has 2 aromatic rings. The van der Waals surface area contributed by atoms with Gasteiger partial charge in [0.1, 0.15) is 16.5 Å². The molecule has 1 fully saturated rings. The molecule has 0 radical (unpaired) electrons. The van der Waals surface area contributed by atoms with Crippen LogP contribution in [0.1, 0.15) is 24.4 Å². The Morgan fingerprint density at radius 2 is 2.17 bits per heavy atom. The minimum absolute atomic E-state index is 0.715. The van der Waals surface area contributed by atoms with E-state index in [0.717, 1.165) is 28.8 Å². The van der Waals surface area contributed by atoms with Crippen molar-refractivity contribution in [2.75, 3.05) is 0 Å². The van der Waals surface area contributed by atoms with Crippen LogP contribution in [0.25, 0.3) is 0 Å². The molecule has 0 atom stereocenters. The van der Waals surface area contributed by atoms with Crippen LogP contribution in [0.4, 0.5) is 0 Å². The van der Waals surface area contributed by atoms with Gasteiger partial charge in [-0.25, -0.2) is 4.98 Å². The molecular formula is C13H15N3OS. The van der Waals surface area contributed by atoms with Gasteiger partial charge in [0.25, 0.3) is 0 Å². The van der Waals surface area contributed by atoms with Crippen molar-refractivity contribution in [1.82, 2.24) is 15.3 Å². The maximum absolute atomic E-state index is 5.75. The van der Waals surface area contributed by atoms with Gasteiger partial charge in [-0.1, -0.05) is 11.8 Å². The summed E-state index contributed by atoms with van der Waals surface area (Å²) >= 11 is 1.64. The average molecular weight is 261 g/mol. The van der Waals surface area contributed by atoms with E-state index in [9.17, 15) is 0 Å². The Morgan fingerprint density at radius 3 is 2.94 bits per heavy atom. The molecule has 0 aromatic carbocycles. The molecule has 4 nitrogen and oxygen atoms in total. The van der Waals surface area contributed by atoms with Crippen LogP contribution in [0, 0.1) is 0 Å². The van der Waals surface area contributed by atoms with E-state index in [1.165, 1.54) is 12.8 Å². The van der Waals surface area contributed by atoms with Gasteiger partial charge in [0, 0.05) is 18.4 Å². The highest BCUT2D eigenvalue weighted by atomic mass is 32.2. The first-order valence-corrected chi connectivity index (χ1v) is 7.08. The van der Waals surface area contributed by atoms with Crippen LogP contribution in [-0.4, -0.2) is 16.0 Å². The zero-order valence-electron chi connectivity index (χ0n) is 10.0. The van der Waals surface area contributed by atoms with E-state index in [4.69, 9.17) is 4.42 Å². The van der Waals surface area contributed by atoms with Crippen LogP contribution >= 0.6 is 11.8 Å². The van der Waals surface area contributed by atoms with E-state index in [-0.39, 0.29) is 0 Å². The summed E-state index contributed by atoms with van der Waals surface area (Å²) in [5.41, 5.74) is 0. The van der Waals surface area contributed by atoms with Gasteiger partial charge in [0.05, 0.1) is 18.5 Å². The summed E-state index contributed by atoms with van der Waals surface area (Å²) in [5, 5.41) is 4.36. The molecule has 2 aromatic heterocycles. The predicted molar refractivity (Wildman–Crippen MR) is 70.2 cm³/mol. The van der Waals surface area contributed by atoms with Crippen LogP contribution in [0.2, 0.25) is 0 Å². The maximum Gasteiger partial charge on any atom is 0.118 e. The summed E-state index contributed by atoms with van der Waals surface area (Å²) in [6, 6.07) is 4.79. The fraction of sp³-hybridized carbons (Fsp3) is 0.385. The SMILES string of the molecule is c1cnc(SCc2ccc(CNC3CC3)o2)cn1. The normalized spacial score (nSPS) is 14.9. The summed E-state index contributed by atoms with van der Waals surface area (Å²) in [4.78, 5) is 8.25. The zero-order chi connectivity index (χ0) is 12.2. The predicted octanol–water partition coefficient (Wildman–Crippen LogP) is 2.61. The number of nitrogens with one attached hydrogen (secondary N) is 1. The summed E-state index contributed by atoms with van der Waals surface area (Å²) in [7, 11) is 0. The maximum atomic E-state index is 5.75. The molecule has 0 aliphatic heterocycles. The number of furan rings is 1. The minimum Gasteiger partial charge on any atom is -0.464 e. The molecule has 0 spiro atoms. The van der Waals surface area contributed by atoms with Gasteiger partial charge in [0.2, 0.25) is 0 Å². The molecular weight excluding hydrogens is 246 g/mol. The number of hydrogen-bond acceptors (Lipinski definition) is 5. The minimum atomic E-state index is 0.715. The van der Waals surface area contributed by atoms with Gasteiger partial charge in [-0.2, -0.15) is 0 Å². The molecule has 0 unspecified atom stereocenters. The number of hydrogen-bond donors (Lipinski definition) is 1. The highest BCUT2D eigenvalue weighted by molar-refractivity contribution is 7.98. The van der Waals surface area contributed by atoms with Gasteiger partial charge in [-0.15, -0.1) is 0 Å². The molecule has 18 heavy (non-hydrogen) atoms. The number of nitrogens with zero attached hydrogens (tertiary/aromatic N) is 2. The molecule has 0 amide bonds. The zero-order valence-corrected chi connectivity index (χ0v) is 10.8. The lowest BCUT2D eigenvalue weighted by Gasteiger charge is -1.99. The van der Waals surface area contributed by atoms with Crippen molar-refractivity contribution in [2.45, 2.75) is 36.2 Å². The molecule has 1 aliphatic carbocycles. The van der Waals surface area contributed by atoms with Crippen molar-refractivity contribution >= 4 is 11.8 Å². The van der Waals surface area contributed by atoms with Crippen LogP contribution in [-0.2, 0) is 12.3 Å². The van der Waals surface area contributed by atoms with E-state index < -0.39 is 0 Å². The second-order valence-corrected chi connectivity index (χ2v) is 5.35. The lowest BCUT2D eigenvalue weighted by Crippen LogP contribution is -2.14. The second kappa shape index (κ2) is 5.54. The molecule has 3 rings (SSSR count). The molecule has 2 heterocycles. The second-order valence-electron chi connectivity index (χ2n) is 4.36. The Bertz CT molecular complexity index is 496. The number of aromatic nitrogens is 2. The Labute approximate surface area is 110 Å². The van der Waals surface area contributed by atoms with Gasteiger partial charge >= 0.3 is 0 Å². The highest BCUT2D eigenvalue weighted by Gasteiger charge is 2.20. The van der Waals surface area contributed by atoms with Crippen molar-refractivity contribution in [2.24, 2.45) is 0 Å². The third kappa shape index (κ3) is 3.34. The van der Waals surface area contributed by atoms with E-state index in [2.05, 4.69) is 15.3 Å². The number of rotatable bonds is 6. The van der Waals surface area contributed by atoms with Gasteiger partial charge in [0.15, 0.2) is 0 Å². The molecule has 0 bridgehead atoms. The Hall–Kier alpha value is -1.33.